The minimum Gasteiger partial charge on any atom is -0.271 e. The smallest absolute Gasteiger partial charge is 0.0408 e. The third-order valence-corrected chi connectivity index (χ3v) is 2.33. The van der Waals surface area contributed by atoms with E-state index in [2.05, 4.69) is 18.4 Å². The van der Waals surface area contributed by atoms with Crippen molar-refractivity contribution in [2.24, 2.45) is 5.84 Å². The van der Waals surface area contributed by atoms with E-state index in [4.69, 9.17) is 17.4 Å². The van der Waals surface area contributed by atoms with Crippen LogP contribution in [0.25, 0.3) is 0 Å². The van der Waals surface area contributed by atoms with Crippen LogP contribution in [-0.4, -0.2) is 6.04 Å². The first-order valence-electron chi connectivity index (χ1n) is 4.46. The van der Waals surface area contributed by atoms with Crippen LogP contribution >= 0.6 is 11.6 Å². The van der Waals surface area contributed by atoms with Gasteiger partial charge in [-0.15, -0.1) is 0 Å². The average molecular weight is 199 g/mol. The molecule has 0 saturated heterocycles. The molecule has 0 saturated carbocycles. The molecule has 0 aliphatic heterocycles. The van der Waals surface area contributed by atoms with Gasteiger partial charge in [-0.25, -0.2) is 0 Å². The molecule has 13 heavy (non-hydrogen) atoms. The molecule has 0 aromatic heterocycles. The van der Waals surface area contributed by atoms with Gasteiger partial charge in [-0.3, -0.25) is 11.3 Å². The highest BCUT2D eigenvalue weighted by Crippen LogP contribution is 2.12. The van der Waals surface area contributed by atoms with E-state index in [9.17, 15) is 0 Å². The standard InChI is InChI=1S/C10H15ClN2/c1-2-10(13-12)7-8-4-3-5-9(11)6-8/h3-6,10,13H,2,7,12H2,1H3. The first-order valence-corrected chi connectivity index (χ1v) is 4.84. The fraction of sp³-hybridized carbons (Fsp3) is 0.400. The summed E-state index contributed by atoms with van der Waals surface area (Å²) in [5, 5.41) is 0.782. The van der Waals surface area contributed by atoms with Crippen LogP contribution in [0.1, 0.15) is 18.9 Å². The maximum absolute atomic E-state index is 5.86. The van der Waals surface area contributed by atoms with Gasteiger partial charge >= 0.3 is 0 Å². The SMILES string of the molecule is CCC(Cc1cccc(Cl)c1)NN. The van der Waals surface area contributed by atoms with Crippen molar-refractivity contribution in [2.45, 2.75) is 25.8 Å². The molecule has 1 unspecified atom stereocenters. The summed E-state index contributed by atoms with van der Waals surface area (Å²) in [4.78, 5) is 0. The van der Waals surface area contributed by atoms with Crippen LogP contribution in [0.3, 0.4) is 0 Å². The number of benzene rings is 1. The number of nitrogens with one attached hydrogen (secondary N) is 1. The van der Waals surface area contributed by atoms with Crippen molar-refractivity contribution in [1.82, 2.24) is 5.43 Å². The number of hydrogen-bond donors (Lipinski definition) is 2. The fourth-order valence-electron chi connectivity index (χ4n) is 1.27. The molecule has 0 aliphatic carbocycles. The van der Waals surface area contributed by atoms with Gasteiger partial charge in [0.15, 0.2) is 0 Å². The molecule has 1 atom stereocenters. The van der Waals surface area contributed by atoms with Crippen LogP contribution in [0, 0.1) is 0 Å². The molecule has 0 radical (unpaired) electrons. The lowest BCUT2D eigenvalue weighted by molar-refractivity contribution is 0.511. The fourth-order valence-corrected chi connectivity index (χ4v) is 1.48. The van der Waals surface area contributed by atoms with Gasteiger partial charge in [0.2, 0.25) is 0 Å². The number of halogens is 1. The molecule has 3 heteroatoms. The third-order valence-electron chi connectivity index (χ3n) is 2.10. The van der Waals surface area contributed by atoms with Crippen LogP contribution in [0.2, 0.25) is 5.02 Å². The molecule has 1 aromatic rings. The highest BCUT2D eigenvalue weighted by Gasteiger charge is 2.04. The summed E-state index contributed by atoms with van der Waals surface area (Å²) in [5.41, 5.74) is 4.00. The lowest BCUT2D eigenvalue weighted by atomic mass is 10.0. The Hall–Kier alpha value is -0.570. The van der Waals surface area contributed by atoms with Crippen molar-refractivity contribution in [2.75, 3.05) is 0 Å². The normalized spacial score (nSPS) is 12.8. The van der Waals surface area contributed by atoms with Crippen molar-refractivity contribution in [1.29, 1.82) is 0 Å². The summed E-state index contributed by atoms with van der Waals surface area (Å²) in [6, 6.07) is 8.20. The Kier molecular flexibility index (Phi) is 4.22. The largest absolute Gasteiger partial charge is 0.271 e. The molecular formula is C10H15ClN2. The van der Waals surface area contributed by atoms with E-state index in [1.54, 1.807) is 0 Å². The lowest BCUT2D eigenvalue weighted by Gasteiger charge is -2.13. The molecule has 2 nitrogen and oxygen atoms in total. The van der Waals surface area contributed by atoms with E-state index < -0.39 is 0 Å². The maximum atomic E-state index is 5.86. The van der Waals surface area contributed by atoms with Crippen LogP contribution < -0.4 is 11.3 Å². The van der Waals surface area contributed by atoms with Gasteiger partial charge in [0.05, 0.1) is 0 Å². The molecule has 3 N–H and O–H groups in total. The maximum Gasteiger partial charge on any atom is 0.0408 e. The zero-order valence-corrected chi connectivity index (χ0v) is 8.51. The zero-order valence-electron chi connectivity index (χ0n) is 7.76. The topological polar surface area (TPSA) is 38.0 Å². The lowest BCUT2D eigenvalue weighted by Crippen LogP contribution is -2.36. The summed E-state index contributed by atoms with van der Waals surface area (Å²) < 4.78 is 0. The Balaban J connectivity index is 2.62. The molecule has 1 aromatic carbocycles. The van der Waals surface area contributed by atoms with Crippen LogP contribution in [0.5, 0.6) is 0 Å². The summed E-state index contributed by atoms with van der Waals surface area (Å²) in [6.07, 6.45) is 1.94. The van der Waals surface area contributed by atoms with Crippen molar-refractivity contribution < 1.29 is 0 Å². The minimum absolute atomic E-state index is 0.332. The molecule has 1 rings (SSSR count). The van der Waals surface area contributed by atoms with Crippen molar-refractivity contribution >= 4 is 11.6 Å². The van der Waals surface area contributed by atoms with E-state index >= 15 is 0 Å². The van der Waals surface area contributed by atoms with E-state index in [1.807, 2.05) is 18.2 Å². The summed E-state index contributed by atoms with van der Waals surface area (Å²) >= 11 is 5.86. The molecule has 0 bridgehead atoms. The monoisotopic (exact) mass is 198 g/mol. The van der Waals surface area contributed by atoms with Crippen LogP contribution in [0.15, 0.2) is 24.3 Å². The second-order valence-corrected chi connectivity index (χ2v) is 3.54. The van der Waals surface area contributed by atoms with Crippen molar-refractivity contribution in [3.63, 3.8) is 0 Å². The number of hydrogen-bond acceptors (Lipinski definition) is 2. The van der Waals surface area contributed by atoms with Gasteiger partial charge in [-0.05, 0) is 30.5 Å². The first-order chi connectivity index (χ1) is 6.26. The number of hydrazine groups is 1. The first kappa shape index (κ1) is 10.5. The van der Waals surface area contributed by atoms with Gasteiger partial charge in [-0.2, -0.15) is 0 Å². The number of nitrogens with two attached hydrogens (primary N) is 1. The highest BCUT2D eigenvalue weighted by atomic mass is 35.5. The van der Waals surface area contributed by atoms with Gasteiger partial charge in [0.1, 0.15) is 0 Å². The average Bonchev–Trinajstić information content (AvgIpc) is 2.14. The van der Waals surface area contributed by atoms with Crippen molar-refractivity contribution in [3.8, 4) is 0 Å². The zero-order chi connectivity index (χ0) is 9.68. The minimum atomic E-state index is 0.332. The quantitative estimate of drug-likeness (QED) is 0.575. The van der Waals surface area contributed by atoms with E-state index in [0.717, 1.165) is 17.9 Å². The second kappa shape index (κ2) is 5.22. The Morgan fingerprint density at radius 3 is 2.85 bits per heavy atom. The van der Waals surface area contributed by atoms with E-state index in [1.165, 1.54) is 5.56 Å². The molecule has 0 heterocycles. The molecular weight excluding hydrogens is 184 g/mol. The van der Waals surface area contributed by atoms with Crippen LogP contribution in [0.4, 0.5) is 0 Å². The Bertz CT molecular complexity index is 259. The second-order valence-electron chi connectivity index (χ2n) is 3.11. The van der Waals surface area contributed by atoms with Gasteiger partial charge < -0.3 is 0 Å². The Morgan fingerprint density at radius 2 is 2.31 bits per heavy atom. The predicted molar refractivity (Wildman–Crippen MR) is 56.6 cm³/mol. The van der Waals surface area contributed by atoms with Gasteiger partial charge in [0.25, 0.3) is 0 Å². The summed E-state index contributed by atoms with van der Waals surface area (Å²) in [6.45, 7) is 2.11. The molecule has 0 fully saturated rings. The summed E-state index contributed by atoms with van der Waals surface area (Å²) in [7, 11) is 0. The molecule has 72 valence electrons. The molecule has 0 aliphatic rings. The Morgan fingerprint density at radius 1 is 1.54 bits per heavy atom. The van der Waals surface area contributed by atoms with E-state index in [0.29, 0.717) is 6.04 Å². The van der Waals surface area contributed by atoms with Crippen LogP contribution in [-0.2, 0) is 6.42 Å². The van der Waals surface area contributed by atoms with Gasteiger partial charge in [-0.1, -0.05) is 30.7 Å². The van der Waals surface area contributed by atoms with E-state index in [-0.39, 0.29) is 0 Å². The van der Waals surface area contributed by atoms with Gasteiger partial charge in [0, 0.05) is 11.1 Å². The third kappa shape index (κ3) is 3.35. The molecule has 0 amide bonds. The summed E-state index contributed by atoms with van der Waals surface area (Å²) in [5.74, 6) is 5.39. The van der Waals surface area contributed by atoms with Crippen molar-refractivity contribution in [3.05, 3.63) is 34.9 Å². The predicted octanol–water partition coefficient (Wildman–Crippen LogP) is 2.12. The molecule has 0 spiro atoms. The highest BCUT2D eigenvalue weighted by molar-refractivity contribution is 6.30. The number of rotatable bonds is 4. The Labute approximate surface area is 84.1 Å².